The first-order chi connectivity index (χ1) is 2.27. The van der Waals surface area contributed by atoms with Crippen molar-refractivity contribution in [2.45, 2.75) is 0 Å². The van der Waals surface area contributed by atoms with Gasteiger partial charge in [0.1, 0.15) is 0 Å². The summed E-state index contributed by atoms with van der Waals surface area (Å²) in [6.45, 7) is 0. The monoisotopic (exact) mass is 111 g/mol. The minimum Gasteiger partial charge on any atom is -0.289 e. The first kappa shape index (κ1) is 4.91. The quantitative estimate of drug-likeness (QED) is 0.198. The highest BCUT2D eigenvalue weighted by Crippen LogP contribution is 1.64. The average Bonchev–Trinajstić information content (AvgIpc) is 1.38. The van der Waals surface area contributed by atoms with Crippen molar-refractivity contribution >= 4 is 20.1 Å². The normalized spacial score (nSPS) is 9.80. The van der Waals surface area contributed by atoms with Crippen LogP contribution in [0.15, 0.2) is 0 Å². The number of rotatable bonds is 1. The van der Waals surface area contributed by atoms with E-state index in [2.05, 4.69) is 0 Å². The lowest BCUT2D eigenvalue weighted by Gasteiger charge is -1.72. The van der Waals surface area contributed by atoms with Crippen LogP contribution in [0.1, 0.15) is 0 Å². The van der Waals surface area contributed by atoms with Crippen molar-refractivity contribution in [1.82, 2.24) is 0 Å². The summed E-state index contributed by atoms with van der Waals surface area (Å²) < 4.78 is -0.471. The van der Waals surface area contributed by atoms with E-state index in [-0.39, 0.29) is 0 Å². The van der Waals surface area contributed by atoms with E-state index in [4.69, 9.17) is 21.2 Å². The molecule has 0 aliphatic rings. The van der Waals surface area contributed by atoms with E-state index in [1.165, 1.54) is 0 Å². The molecule has 0 aromatic carbocycles. The maximum absolute atomic E-state index is 9.10. The van der Waals surface area contributed by atoms with Gasteiger partial charge in [-0.2, -0.15) is 0 Å². The van der Waals surface area contributed by atoms with E-state index >= 15 is 0 Å². The minimum absolute atomic E-state index is 0.471. The van der Waals surface area contributed by atoms with E-state index < -0.39 is 13.6 Å². The second-order valence-electron chi connectivity index (χ2n) is 0.452. The third kappa shape index (κ3) is 3.91. The topological polar surface area (TPSA) is 43.1 Å². The molecule has 0 rings (SSSR count). The lowest BCUT2D eigenvalue weighted by atomic mass is 13.4. The molecule has 0 saturated carbocycles. The van der Waals surface area contributed by atoms with Crippen LogP contribution < -0.4 is 0 Å². The zero-order chi connectivity index (χ0) is 4.28. The minimum atomic E-state index is -1.46. The second kappa shape index (κ2) is 2.16. The smallest absolute Gasteiger partial charge is 0.289 e. The number of hydrogen-bond donors (Lipinski definition) is 0. The lowest BCUT2D eigenvalue weighted by Crippen LogP contribution is -1.94. The van der Waals surface area contributed by atoms with Crippen LogP contribution in [0.2, 0.25) is 0 Å². The molecule has 0 aliphatic heterocycles. The van der Waals surface area contributed by atoms with Crippen molar-refractivity contribution in [3.63, 3.8) is 0 Å². The highest BCUT2D eigenvalue weighted by atomic mass is 35.6. The molecule has 0 unspecified atom stereocenters. The zero-order valence-electron chi connectivity index (χ0n) is 2.35. The highest BCUT2D eigenvalue weighted by molar-refractivity contribution is 6.88. The molecule has 0 saturated heterocycles. The summed E-state index contributed by atoms with van der Waals surface area (Å²) in [6.07, 6.45) is 0. The van der Waals surface area contributed by atoms with E-state index in [1.54, 1.807) is 0 Å². The van der Waals surface area contributed by atoms with Crippen molar-refractivity contribution in [1.29, 1.82) is 0 Å². The Bertz CT molecular complexity index is 44.9. The molecule has 3 nitrogen and oxygen atoms in total. The van der Waals surface area contributed by atoms with Gasteiger partial charge in [0.15, 0.2) is 0 Å². The SMILES string of the molecule is O=[N+]([O-])[SiH2]Cl. The van der Waals surface area contributed by atoms with Crippen LogP contribution in [-0.4, -0.2) is 13.6 Å². The Morgan fingerprint density at radius 2 is 2.20 bits per heavy atom. The van der Waals surface area contributed by atoms with Crippen LogP contribution in [0.25, 0.3) is 0 Å². The first-order valence-electron chi connectivity index (χ1n) is 0.949. The van der Waals surface area contributed by atoms with Crippen LogP contribution in [0.3, 0.4) is 0 Å². The third-order valence-electron chi connectivity index (χ3n) is 0.0976. The molecule has 0 heterocycles. The summed E-state index contributed by atoms with van der Waals surface area (Å²) in [6, 6.07) is 0. The number of hydrogen-bond acceptors (Lipinski definition) is 2. The van der Waals surface area contributed by atoms with E-state index in [9.17, 15) is 0 Å². The molecule has 0 amide bonds. The van der Waals surface area contributed by atoms with Gasteiger partial charge in [-0.3, -0.25) is 10.1 Å². The molecule has 5 heteroatoms. The van der Waals surface area contributed by atoms with E-state index in [0.29, 0.717) is 0 Å². The molecule has 0 aliphatic carbocycles. The van der Waals surface area contributed by atoms with Crippen LogP contribution in [0.5, 0.6) is 0 Å². The molecule has 0 atom stereocenters. The van der Waals surface area contributed by atoms with Crippen molar-refractivity contribution in [2.75, 3.05) is 0 Å². The van der Waals surface area contributed by atoms with Crippen LogP contribution in [0.4, 0.5) is 0 Å². The third-order valence-corrected chi connectivity index (χ3v) is 0.878. The molecule has 5 heavy (non-hydrogen) atoms. The number of nitro groups is 1. The maximum atomic E-state index is 9.10. The summed E-state index contributed by atoms with van der Waals surface area (Å²) in [5.74, 6) is 0. The second-order valence-corrected chi connectivity index (χ2v) is 1.92. The van der Waals surface area contributed by atoms with Gasteiger partial charge in [-0.05, 0) is 4.59 Å². The standard InChI is InChI=1S/ClH2NO2Si/c1-5-2(3)4/h5H2. The van der Waals surface area contributed by atoms with Gasteiger partial charge in [0.25, 0.3) is 0 Å². The van der Waals surface area contributed by atoms with Crippen LogP contribution in [0, 0.1) is 10.1 Å². The summed E-state index contributed by atoms with van der Waals surface area (Å²) in [5, 5.41) is 9.10. The van der Waals surface area contributed by atoms with E-state index in [0.717, 1.165) is 0 Å². The molecule has 0 N–H and O–H groups in total. The lowest BCUT2D eigenvalue weighted by molar-refractivity contribution is -0.316. The Morgan fingerprint density at radius 1 is 2.00 bits per heavy atom. The zero-order valence-corrected chi connectivity index (χ0v) is 4.52. The Hall–Kier alpha value is -0.0931. The fourth-order valence-electron chi connectivity index (χ4n) is 0. The average molecular weight is 112 g/mol. The molecule has 30 valence electrons. The molecule has 0 radical (unpaired) electrons. The predicted molar refractivity (Wildman–Crippen MR) is 21.4 cm³/mol. The highest BCUT2D eigenvalue weighted by Gasteiger charge is 1.85. The van der Waals surface area contributed by atoms with Crippen molar-refractivity contribution < 1.29 is 4.59 Å². The molecule has 0 aromatic rings. The Labute approximate surface area is 35.7 Å². The summed E-state index contributed by atoms with van der Waals surface area (Å²) in [5.41, 5.74) is 0. The number of halogens is 1. The van der Waals surface area contributed by atoms with Gasteiger partial charge in [-0.25, -0.2) is 0 Å². The molecule has 0 spiro atoms. The molecular weight excluding hydrogens is 110 g/mol. The van der Waals surface area contributed by atoms with Crippen LogP contribution >= 0.6 is 11.1 Å². The van der Waals surface area contributed by atoms with Gasteiger partial charge in [-0.15, -0.1) is 0 Å². The van der Waals surface area contributed by atoms with Gasteiger partial charge < -0.3 is 0 Å². The van der Waals surface area contributed by atoms with Gasteiger partial charge in [0.2, 0.25) is 0 Å². The fraction of sp³-hybridized carbons (Fsp3) is 0. The first-order valence-corrected chi connectivity index (χ1v) is 3.72. The van der Waals surface area contributed by atoms with Gasteiger partial charge in [-0.1, -0.05) is 11.1 Å². The molecular formula is H2ClNO2Si. The molecule has 0 aromatic heterocycles. The maximum Gasteiger partial charge on any atom is 0.493 e. The summed E-state index contributed by atoms with van der Waals surface area (Å²) >= 11 is 4.78. The van der Waals surface area contributed by atoms with Gasteiger partial charge in [0, 0.05) is 0 Å². The van der Waals surface area contributed by atoms with Gasteiger partial charge >= 0.3 is 8.99 Å². The summed E-state index contributed by atoms with van der Waals surface area (Å²) in [7, 11) is -1.46. The Morgan fingerprint density at radius 3 is 2.20 bits per heavy atom. The predicted octanol–water partition coefficient (Wildman–Crippen LogP) is -0.499. The Kier molecular flexibility index (Phi) is 2.12. The van der Waals surface area contributed by atoms with Crippen molar-refractivity contribution in [2.24, 2.45) is 0 Å². The van der Waals surface area contributed by atoms with E-state index in [1.807, 2.05) is 0 Å². The summed E-state index contributed by atoms with van der Waals surface area (Å²) in [4.78, 5) is 9.10. The fourth-order valence-corrected chi connectivity index (χ4v) is 0. The molecule has 0 bridgehead atoms. The van der Waals surface area contributed by atoms with Crippen molar-refractivity contribution in [3.8, 4) is 0 Å². The van der Waals surface area contributed by atoms with Gasteiger partial charge in [0.05, 0.1) is 0 Å². The Balaban J connectivity index is 2.85. The van der Waals surface area contributed by atoms with Crippen LogP contribution in [-0.2, 0) is 0 Å². The molecule has 0 fully saturated rings. The largest absolute Gasteiger partial charge is 0.493 e. The van der Waals surface area contributed by atoms with Crippen molar-refractivity contribution in [3.05, 3.63) is 10.1 Å². The number of nitrogens with zero attached hydrogens (tertiary/aromatic N) is 1.